The molecule has 0 spiro atoms. The van der Waals surface area contributed by atoms with Gasteiger partial charge in [0.25, 0.3) is 11.7 Å². The number of nitrogens with two attached hydrogens (primary N) is 1. The van der Waals surface area contributed by atoms with Crippen LogP contribution in [-0.2, 0) is 0 Å². The van der Waals surface area contributed by atoms with Crippen LogP contribution in [0.1, 0.15) is 10.5 Å². The number of anilines is 2. The molecule has 1 amide bonds. The molecule has 110 valence electrons. The summed E-state index contributed by atoms with van der Waals surface area (Å²) in [5.41, 5.74) is 2.62. The molecule has 0 aliphatic heterocycles. The first-order chi connectivity index (χ1) is 10.1. The van der Waals surface area contributed by atoms with Gasteiger partial charge in [0.2, 0.25) is 0 Å². The predicted octanol–water partition coefficient (Wildman–Crippen LogP) is 2.33. The monoisotopic (exact) mass is 311 g/mol. The number of nitrogens with zero attached hydrogens (tertiary/aromatic N) is 2. The van der Waals surface area contributed by atoms with Crippen molar-refractivity contribution in [1.82, 2.24) is 9.97 Å². The Kier molecular flexibility index (Phi) is 5.01. The van der Waals surface area contributed by atoms with Crippen molar-refractivity contribution in [3.63, 3.8) is 0 Å². The summed E-state index contributed by atoms with van der Waals surface area (Å²) in [7, 11) is 0. The van der Waals surface area contributed by atoms with Crippen LogP contribution in [0.2, 0.25) is 0 Å². The van der Waals surface area contributed by atoms with Crippen molar-refractivity contribution in [2.45, 2.75) is 10.7 Å². The Bertz CT molecular complexity index is 623. The van der Waals surface area contributed by atoms with Gasteiger partial charge in [-0.15, -0.1) is 0 Å². The highest BCUT2D eigenvalue weighted by Gasteiger charge is 2.13. The molecule has 6 nitrogen and oxygen atoms in total. The lowest BCUT2D eigenvalue weighted by Gasteiger charge is -2.10. The molecular formula is C12H11F2N5OS. The Morgan fingerprint density at radius 1 is 1.24 bits per heavy atom. The molecule has 0 aliphatic carbocycles. The fraction of sp³-hybridized carbons (Fsp3) is 0.0833. The Hall–Kier alpha value is -2.26. The van der Waals surface area contributed by atoms with Crippen molar-refractivity contribution in [3.8, 4) is 0 Å². The van der Waals surface area contributed by atoms with E-state index in [-0.39, 0.29) is 16.3 Å². The number of alkyl halides is 2. The number of hydrogen-bond acceptors (Lipinski definition) is 6. The molecular weight excluding hydrogens is 300 g/mol. The highest BCUT2D eigenvalue weighted by Crippen LogP contribution is 2.31. The van der Waals surface area contributed by atoms with Crippen LogP contribution in [-0.4, -0.2) is 21.6 Å². The molecule has 0 bridgehead atoms. The van der Waals surface area contributed by atoms with Gasteiger partial charge < -0.3 is 10.7 Å². The van der Waals surface area contributed by atoms with E-state index in [0.29, 0.717) is 17.6 Å². The van der Waals surface area contributed by atoms with Crippen LogP contribution in [0.4, 0.5) is 20.3 Å². The number of benzene rings is 1. The van der Waals surface area contributed by atoms with Crippen LogP contribution in [0.3, 0.4) is 0 Å². The van der Waals surface area contributed by atoms with E-state index in [4.69, 9.17) is 5.84 Å². The molecule has 1 heterocycles. The molecule has 2 rings (SSSR count). The smallest absolute Gasteiger partial charge is 0.288 e. The second kappa shape index (κ2) is 6.95. The van der Waals surface area contributed by atoms with Crippen molar-refractivity contribution in [1.29, 1.82) is 0 Å². The third-order valence-corrected chi connectivity index (χ3v) is 3.17. The SMILES string of the molecule is NNc1cnc(C(=O)Nc2ccccc2SC(F)F)cn1. The van der Waals surface area contributed by atoms with E-state index in [1.54, 1.807) is 12.1 Å². The Balaban J connectivity index is 2.15. The Morgan fingerprint density at radius 2 is 2.00 bits per heavy atom. The zero-order valence-corrected chi connectivity index (χ0v) is 11.4. The van der Waals surface area contributed by atoms with Gasteiger partial charge in [-0.25, -0.2) is 15.8 Å². The number of amides is 1. The molecule has 0 unspecified atom stereocenters. The van der Waals surface area contributed by atoms with Crippen molar-refractivity contribution in [2.75, 3.05) is 10.7 Å². The molecule has 0 aliphatic rings. The number of hydrogen-bond donors (Lipinski definition) is 3. The van der Waals surface area contributed by atoms with E-state index >= 15 is 0 Å². The van der Waals surface area contributed by atoms with Gasteiger partial charge in [0.15, 0.2) is 5.82 Å². The van der Waals surface area contributed by atoms with Crippen LogP contribution in [0.25, 0.3) is 0 Å². The summed E-state index contributed by atoms with van der Waals surface area (Å²) in [5.74, 6) is 2.33. The van der Waals surface area contributed by atoms with E-state index in [1.165, 1.54) is 24.5 Å². The number of hydrazine groups is 1. The Morgan fingerprint density at radius 3 is 2.62 bits per heavy atom. The molecule has 1 aromatic carbocycles. The molecule has 4 N–H and O–H groups in total. The van der Waals surface area contributed by atoms with Gasteiger partial charge in [-0.05, 0) is 12.1 Å². The van der Waals surface area contributed by atoms with Crippen molar-refractivity contribution < 1.29 is 13.6 Å². The predicted molar refractivity (Wildman–Crippen MR) is 76.1 cm³/mol. The van der Waals surface area contributed by atoms with E-state index in [1.807, 2.05) is 0 Å². The second-order valence-corrected chi connectivity index (χ2v) is 4.79. The summed E-state index contributed by atoms with van der Waals surface area (Å²) in [4.78, 5) is 20.0. The van der Waals surface area contributed by atoms with Gasteiger partial charge in [0, 0.05) is 4.90 Å². The summed E-state index contributed by atoms with van der Waals surface area (Å²) < 4.78 is 24.9. The number of aromatic nitrogens is 2. The molecule has 1 aromatic heterocycles. The normalized spacial score (nSPS) is 10.5. The first kappa shape index (κ1) is 15.1. The molecule has 0 atom stereocenters. The van der Waals surface area contributed by atoms with E-state index in [9.17, 15) is 13.6 Å². The lowest BCUT2D eigenvalue weighted by molar-refractivity contribution is 0.102. The van der Waals surface area contributed by atoms with Gasteiger partial charge in [0.1, 0.15) is 5.69 Å². The fourth-order valence-corrected chi connectivity index (χ4v) is 2.07. The average Bonchev–Trinajstić information content (AvgIpc) is 2.49. The minimum absolute atomic E-state index is 0.0471. The largest absolute Gasteiger partial charge is 0.320 e. The van der Waals surface area contributed by atoms with Gasteiger partial charge in [0.05, 0.1) is 18.1 Å². The highest BCUT2D eigenvalue weighted by atomic mass is 32.2. The lowest BCUT2D eigenvalue weighted by atomic mass is 10.3. The maximum Gasteiger partial charge on any atom is 0.288 e. The zero-order valence-electron chi connectivity index (χ0n) is 10.6. The first-order valence-electron chi connectivity index (χ1n) is 5.74. The molecule has 2 aromatic rings. The standard InChI is InChI=1S/C12H11F2N5OS/c13-12(14)21-9-4-2-1-3-7(9)18-11(20)8-5-17-10(19-15)6-16-8/h1-6,12H,15H2,(H,17,19)(H,18,20). The van der Waals surface area contributed by atoms with Crippen LogP contribution < -0.4 is 16.6 Å². The molecule has 0 saturated carbocycles. The van der Waals surface area contributed by atoms with Crippen LogP contribution in [0.5, 0.6) is 0 Å². The number of halogens is 2. The van der Waals surface area contributed by atoms with Gasteiger partial charge >= 0.3 is 0 Å². The van der Waals surface area contributed by atoms with Crippen molar-refractivity contribution >= 4 is 29.2 Å². The van der Waals surface area contributed by atoms with Crippen LogP contribution in [0.15, 0.2) is 41.6 Å². The maximum atomic E-state index is 12.5. The summed E-state index contributed by atoms with van der Waals surface area (Å²) in [5, 5.41) is 2.52. The number of nitrogens with one attached hydrogen (secondary N) is 2. The number of thioether (sulfide) groups is 1. The number of rotatable bonds is 5. The maximum absolute atomic E-state index is 12.5. The summed E-state index contributed by atoms with van der Waals surface area (Å²) >= 11 is 0.358. The minimum Gasteiger partial charge on any atom is -0.320 e. The second-order valence-electron chi connectivity index (χ2n) is 3.76. The molecule has 0 fully saturated rings. The average molecular weight is 311 g/mol. The highest BCUT2D eigenvalue weighted by molar-refractivity contribution is 7.99. The third-order valence-electron chi connectivity index (χ3n) is 2.38. The molecule has 21 heavy (non-hydrogen) atoms. The molecule has 9 heteroatoms. The van der Waals surface area contributed by atoms with Crippen molar-refractivity contribution in [2.24, 2.45) is 5.84 Å². The molecule has 0 radical (unpaired) electrons. The fourth-order valence-electron chi connectivity index (χ4n) is 1.47. The third kappa shape index (κ3) is 4.10. The van der Waals surface area contributed by atoms with Crippen molar-refractivity contribution in [3.05, 3.63) is 42.4 Å². The lowest BCUT2D eigenvalue weighted by Crippen LogP contribution is -2.16. The van der Waals surface area contributed by atoms with Crippen LogP contribution in [0, 0.1) is 0 Å². The van der Waals surface area contributed by atoms with Crippen LogP contribution >= 0.6 is 11.8 Å². The zero-order chi connectivity index (χ0) is 15.2. The summed E-state index contributed by atoms with van der Waals surface area (Å²) in [6.07, 6.45) is 2.52. The van der Waals surface area contributed by atoms with Gasteiger partial charge in [-0.3, -0.25) is 4.79 Å². The summed E-state index contributed by atoms with van der Waals surface area (Å²) in [6.45, 7) is 0. The first-order valence-corrected chi connectivity index (χ1v) is 6.62. The van der Waals surface area contributed by atoms with Gasteiger partial charge in [-0.1, -0.05) is 23.9 Å². The minimum atomic E-state index is -2.57. The number of para-hydroxylation sites is 1. The quantitative estimate of drug-likeness (QED) is 0.446. The van der Waals surface area contributed by atoms with E-state index in [2.05, 4.69) is 20.7 Å². The van der Waals surface area contributed by atoms with Gasteiger partial charge in [-0.2, -0.15) is 8.78 Å². The molecule has 0 saturated heterocycles. The number of carbonyl (C=O) groups is 1. The number of carbonyl (C=O) groups excluding carboxylic acids is 1. The number of nitrogen functional groups attached to an aromatic ring is 1. The topological polar surface area (TPSA) is 92.9 Å². The summed E-state index contributed by atoms with van der Waals surface area (Å²) in [6, 6.07) is 6.28. The Labute approximate surface area is 123 Å². The van der Waals surface area contributed by atoms with E-state index in [0.717, 1.165) is 0 Å². The van der Waals surface area contributed by atoms with E-state index < -0.39 is 11.7 Å².